The molecule has 116 valence electrons. The first-order valence-corrected chi connectivity index (χ1v) is 7.60. The first-order valence-electron chi connectivity index (χ1n) is 7.60. The number of methoxy groups -OCH3 is 1. The van der Waals surface area contributed by atoms with Crippen LogP contribution in [0.25, 0.3) is 0 Å². The zero-order valence-electron chi connectivity index (χ0n) is 12.9. The lowest BCUT2D eigenvalue weighted by molar-refractivity contribution is 0.0584. The maximum Gasteiger partial charge on any atom is 0.255 e. The number of hydrogen-bond acceptors (Lipinski definition) is 3. The number of carbonyl (C=O) groups is 1. The Morgan fingerprint density at radius 2 is 2.19 bits per heavy atom. The van der Waals surface area contributed by atoms with E-state index in [4.69, 9.17) is 4.74 Å². The fourth-order valence-corrected chi connectivity index (χ4v) is 2.92. The van der Waals surface area contributed by atoms with Crippen LogP contribution < -0.4 is 5.56 Å². The number of aromatic nitrogens is 1. The van der Waals surface area contributed by atoms with E-state index < -0.39 is 0 Å². The van der Waals surface area contributed by atoms with Crippen molar-refractivity contribution in [2.45, 2.75) is 38.1 Å². The molecule has 0 N–H and O–H groups in total. The second-order valence-corrected chi connectivity index (χ2v) is 5.65. The second-order valence-electron chi connectivity index (χ2n) is 5.65. The van der Waals surface area contributed by atoms with Gasteiger partial charge in [-0.15, -0.1) is 0 Å². The maximum atomic E-state index is 12.7. The van der Waals surface area contributed by atoms with Crippen LogP contribution in [0.3, 0.4) is 0 Å². The molecule has 0 aromatic carbocycles. The highest BCUT2D eigenvalue weighted by molar-refractivity contribution is 5.94. The Morgan fingerprint density at radius 1 is 1.38 bits per heavy atom. The molecular formula is C16H24N2O3. The van der Waals surface area contributed by atoms with Gasteiger partial charge in [0.15, 0.2) is 0 Å². The van der Waals surface area contributed by atoms with Gasteiger partial charge < -0.3 is 14.2 Å². The Labute approximate surface area is 125 Å². The van der Waals surface area contributed by atoms with Gasteiger partial charge in [-0.25, -0.2) is 0 Å². The highest BCUT2D eigenvalue weighted by Gasteiger charge is 2.27. The molecule has 0 spiro atoms. The molecule has 21 heavy (non-hydrogen) atoms. The van der Waals surface area contributed by atoms with Gasteiger partial charge in [-0.2, -0.15) is 0 Å². The molecule has 1 aliphatic rings. The highest BCUT2D eigenvalue weighted by Crippen LogP contribution is 2.22. The van der Waals surface area contributed by atoms with E-state index in [2.05, 4.69) is 0 Å². The Bertz CT molecular complexity index is 539. The lowest BCUT2D eigenvalue weighted by atomic mass is 9.97. The predicted octanol–water partition coefficient (Wildman–Crippen LogP) is 1.81. The average molecular weight is 292 g/mol. The molecule has 5 heteroatoms. The molecule has 1 atom stereocenters. The van der Waals surface area contributed by atoms with Crippen LogP contribution in [-0.2, 0) is 11.8 Å². The largest absolute Gasteiger partial charge is 0.385 e. The first kappa shape index (κ1) is 15.8. The van der Waals surface area contributed by atoms with E-state index >= 15 is 0 Å². The molecule has 1 aliphatic heterocycles. The van der Waals surface area contributed by atoms with Crippen LogP contribution in [-0.4, -0.2) is 41.7 Å². The molecular weight excluding hydrogens is 268 g/mol. The molecule has 0 bridgehead atoms. The summed E-state index contributed by atoms with van der Waals surface area (Å²) in [5.41, 5.74) is 0.498. The van der Waals surface area contributed by atoms with Gasteiger partial charge in [0.1, 0.15) is 0 Å². The second kappa shape index (κ2) is 7.41. The quantitative estimate of drug-likeness (QED) is 0.778. The van der Waals surface area contributed by atoms with Crippen LogP contribution in [0.1, 0.15) is 42.5 Å². The Morgan fingerprint density at radius 3 is 2.90 bits per heavy atom. The number of amides is 1. The van der Waals surface area contributed by atoms with E-state index in [1.165, 1.54) is 17.1 Å². The molecule has 1 amide bonds. The molecule has 1 aromatic heterocycles. The third kappa shape index (κ3) is 3.94. The maximum absolute atomic E-state index is 12.7. The lowest BCUT2D eigenvalue weighted by Gasteiger charge is -2.36. The van der Waals surface area contributed by atoms with Crippen molar-refractivity contribution in [2.75, 3.05) is 20.3 Å². The molecule has 0 aliphatic carbocycles. The molecule has 1 fully saturated rings. The molecule has 2 heterocycles. The van der Waals surface area contributed by atoms with Crippen molar-refractivity contribution in [3.63, 3.8) is 0 Å². The molecule has 0 saturated carbocycles. The number of hydrogen-bond donors (Lipinski definition) is 0. The van der Waals surface area contributed by atoms with E-state index in [-0.39, 0.29) is 11.5 Å². The predicted molar refractivity (Wildman–Crippen MR) is 81.5 cm³/mol. The van der Waals surface area contributed by atoms with E-state index in [1.54, 1.807) is 26.4 Å². The summed E-state index contributed by atoms with van der Waals surface area (Å²) in [4.78, 5) is 26.1. The third-order valence-electron chi connectivity index (χ3n) is 4.11. The Balaban J connectivity index is 2.10. The number of pyridine rings is 1. The summed E-state index contributed by atoms with van der Waals surface area (Å²) >= 11 is 0. The van der Waals surface area contributed by atoms with Crippen molar-refractivity contribution in [1.29, 1.82) is 0 Å². The van der Waals surface area contributed by atoms with Crippen LogP contribution in [0, 0.1) is 0 Å². The van der Waals surface area contributed by atoms with Gasteiger partial charge in [-0.3, -0.25) is 9.59 Å². The molecule has 1 unspecified atom stereocenters. The van der Waals surface area contributed by atoms with Crippen LogP contribution in [0.4, 0.5) is 0 Å². The fourth-order valence-electron chi connectivity index (χ4n) is 2.92. The van der Waals surface area contributed by atoms with Gasteiger partial charge in [0, 0.05) is 45.6 Å². The monoisotopic (exact) mass is 292 g/mol. The molecule has 1 saturated heterocycles. The van der Waals surface area contributed by atoms with Gasteiger partial charge in [-0.05, 0) is 38.2 Å². The summed E-state index contributed by atoms with van der Waals surface area (Å²) in [6.07, 6.45) is 6.86. The molecule has 0 radical (unpaired) electrons. The molecule has 5 nitrogen and oxygen atoms in total. The third-order valence-corrected chi connectivity index (χ3v) is 4.11. The summed E-state index contributed by atoms with van der Waals surface area (Å²) < 4.78 is 6.56. The summed E-state index contributed by atoms with van der Waals surface area (Å²) in [7, 11) is 3.37. The number of carbonyl (C=O) groups excluding carboxylic acids is 1. The minimum absolute atomic E-state index is 0.0349. The number of likely N-dealkylation sites (tertiary alicyclic amines) is 1. The highest BCUT2D eigenvalue weighted by atomic mass is 16.5. The van der Waals surface area contributed by atoms with Gasteiger partial charge in [0.05, 0.1) is 5.56 Å². The van der Waals surface area contributed by atoms with Crippen LogP contribution >= 0.6 is 0 Å². The van der Waals surface area contributed by atoms with Crippen LogP contribution in [0.5, 0.6) is 0 Å². The van der Waals surface area contributed by atoms with Crippen LogP contribution in [0.15, 0.2) is 23.1 Å². The van der Waals surface area contributed by atoms with Gasteiger partial charge in [-0.1, -0.05) is 0 Å². The lowest BCUT2D eigenvalue weighted by Crippen LogP contribution is -2.44. The summed E-state index contributed by atoms with van der Waals surface area (Å²) in [5, 5.41) is 0. The fraction of sp³-hybridized carbons (Fsp3) is 0.625. The van der Waals surface area contributed by atoms with Crippen molar-refractivity contribution in [3.8, 4) is 0 Å². The van der Waals surface area contributed by atoms with Gasteiger partial charge >= 0.3 is 0 Å². The minimum atomic E-state index is -0.0955. The van der Waals surface area contributed by atoms with E-state index in [9.17, 15) is 9.59 Å². The Kier molecular flexibility index (Phi) is 5.56. The summed E-state index contributed by atoms with van der Waals surface area (Å²) in [6, 6.07) is 3.38. The number of nitrogens with zero attached hydrogens (tertiary/aromatic N) is 2. The minimum Gasteiger partial charge on any atom is -0.385 e. The average Bonchev–Trinajstić information content (AvgIpc) is 2.50. The van der Waals surface area contributed by atoms with Crippen molar-refractivity contribution in [3.05, 3.63) is 34.2 Å². The zero-order chi connectivity index (χ0) is 15.2. The Hall–Kier alpha value is -1.62. The van der Waals surface area contributed by atoms with Crippen molar-refractivity contribution >= 4 is 5.91 Å². The van der Waals surface area contributed by atoms with E-state index in [1.807, 2.05) is 4.90 Å². The molecule has 1 aromatic rings. The van der Waals surface area contributed by atoms with Crippen molar-refractivity contribution in [2.24, 2.45) is 7.05 Å². The zero-order valence-corrected chi connectivity index (χ0v) is 12.9. The first-order chi connectivity index (χ1) is 10.1. The standard InChI is InChI=1S/C16H24N2O3/c1-17-12-13(8-9-15(17)19)16(20)18-10-4-3-6-14(18)7-5-11-21-2/h8-9,12,14H,3-7,10-11H2,1-2H3. The smallest absolute Gasteiger partial charge is 0.255 e. The SMILES string of the molecule is COCCCC1CCCCN1C(=O)c1ccc(=O)n(C)c1. The van der Waals surface area contributed by atoms with Crippen molar-refractivity contribution < 1.29 is 9.53 Å². The van der Waals surface area contributed by atoms with Crippen LogP contribution in [0.2, 0.25) is 0 Å². The van der Waals surface area contributed by atoms with Crippen molar-refractivity contribution in [1.82, 2.24) is 9.47 Å². The summed E-state index contributed by atoms with van der Waals surface area (Å²) in [6.45, 7) is 1.54. The van der Waals surface area contributed by atoms with Gasteiger partial charge in [0.25, 0.3) is 5.91 Å². The summed E-state index contributed by atoms with van der Waals surface area (Å²) in [5.74, 6) is 0.0349. The number of piperidine rings is 1. The topological polar surface area (TPSA) is 51.5 Å². The molecule has 2 rings (SSSR count). The van der Waals surface area contributed by atoms with E-state index in [0.29, 0.717) is 11.6 Å². The van der Waals surface area contributed by atoms with E-state index in [0.717, 1.165) is 38.8 Å². The van der Waals surface area contributed by atoms with Gasteiger partial charge in [0.2, 0.25) is 5.56 Å². The number of aryl methyl sites for hydroxylation is 1. The number of rotatable bonds is 5. The number of ether oxygens (including phenoxy) is 1. The normalized spacial score (nSPS) is 18.8.